The van der Waals surface area contributed by atoms with Crippen molar-refractivity contribution >= 4 is 0 Å². The van der Waals surface area contributed by atoms with Gasteiger partial charge in [-0.2, -0.15) is 8.78 Å². The van der Waals surface area contributed by atoms with Crippen LogP contribution in [0.1, 0.15) is 102 Å². The molecule has 30 heavy (non-hydrogen) atoms. The van der Waals surface area contributed by atoms with Crippen LogP contribution in [0.5, 0.6) is 11.5 Å². The van der Waals surface area contributed by atoms with Crippen molar-refractivity contribution in [1.29, 1.82) is 0 Å². The highest BCUT2D eigenvalue weighted by atomic mass is 19.2. The molecule has 1 aromatic rings. The number of hydrogen-bond acceptors (Lipinski definition) is 2. The van der Waals surface area contributed by atoms with Crippen molar-refractivity contribution in [3.63, 3.8) is 0 Å². The van der Waals surface area contributed by atoms with E-state index in [0.717, 1.165) is 81.3 Å². The zero-order valence-electron chi connectivity index (χ0n) is 18.8. The summed E-state index contributed by atoms with van der Waals surface area (Å²) in [4.78, 5) is 0. The quantitative estimate of drug-likeness (QED) is 0.424. The molecule has 1 aromatic carbocycles. The zero-order chi connectivity index (χ0) is 21.1. The summed E-state index contributed by atoms with van der Waals surface area (Å²) < 4.78 is 42.1. The lowest BCUT2D eigenvalue weighted by atomic mass is 9.76. The van der Waals surface area contributed by atoms with Crippen LogP contribution in [0.4, 0.5) is 8.78 Å². The molecule has 2 nitrogen and oxygen atoms in total. The summed E-state index contributed by atoms with van der Waals surface area (Å²) in [6.45, 7) is 4.42. The lowest BCUT2D eigenvalue weighted by molar-refractivity contribution is 0.0689. The Morgan fingerprint density at radius 1 is 0.733 bits per heavy atom. The van der Waals surface area contributed by atoms with Crippen molar-refractivity contribution in [3.8, 4) is 11.5 Å². The zero-order valence-corrected chi connectivity index (χ0v) is 18.8. The van der Waals surface area contributed by atoms with Gasteiger partial charge in [-0.25, -0.2) is 0 Å². The van der Waals surface area contributed by atoms with Crippen LogP contribution in [0.15, 0.2) is 0 Å². The van der Waals surface area contributed by atoms with Gasteiger partial charge in [0.2, 0.25) is 11.6 Å². The summed E-state index contributed by atoms with van der Waals surface area (Å²) in [7, 11) is 0. The number of hydrogen-bond donors (Lipinski definition) is 0. The van der Waals surface area contributed by atoms with Gasteiger partial charge in [0.25, 0.3) is 0 Å². The van der Waals surface area contributed by atoms with Crippen LogP contribution in [-0.2, 0) is 12.8 Å². The van der Waals surface area contributed by atoms with Crippen LogP contribution in [0.3, 0.4) is 0 Å². The van der Waals surface area contributed by atoms with E-state index in [-0.39, 0.29) is 23.7 Å². The normalized spacial score (nSPS) is 28.3. The van der Waals surface area contributed by atoms with Gasteiger partial charge in [-0.15, -0.1) is 0 Å². The second-order valence-electron chi connectivity index (χ2n) is 9.78. The predicted molar refractivity (Wildman–Crippen MR) is 116 cm³/mol. The number of fused-ring (bicyclic) bond motifs is 3. The van der Waals surface area contributed by atoms with E-state index < -0.39 is 11.6 Å². The van der Waals surface area contributed by atoms with Gasteiger partial charge in [-0.05, 0) is 63.2 Å². The summed E-state index contributed by atoms with van der Waals surface area (Å²) >= 11 is 0. The summed E-state index contributed by atoms with van der Waals surface area (Å²) in [6.07, 6.45) is 15.1. The first-order chi connectivity index (χ1) is 14.6. The van der Waals surface area contributed by atoms with Gasteiger partial charge < -0.3 is 9.47 Å². The average Bonchev–Trinajstić information content (AvgIpc) is 2.78. The van der Waals surface area contributed by atoms with E-state index in [0.29, 0.717) is 5.92 Å². The molecule has 168 valence electrons. The Balaban J connectivity index is 1.47. The van der Waals surface area contributed by atoms with E-state index in [9.17, 15) is 4.39 Å². The molecule has 4 rings (SSSR count). The Kier molecular flexibility index (Phi) is 7.20. The molecule has 1 fully saturated rings. The topological polar surface area (TPSA) is 18.5 Å². The smallest absolute Gasteiger partial charge is 0.204 e. The summed E-state index contributed by atoms with van der Waals surface area (Å²) in [5.41, 5.74) is 1.73. The van der Waals surface area contributed by atoms with E-state index in [1.54, 1.807) is 0 Å². The minimum atomic E-state index is -0.837. The maximum Gasteiger partial charge on any atom is 0.204 e. The van der Waals surface area contributed by atoms with Gasteiger partial charge in [0.1, 0.15) is 6.10 Å². The van der Waals surface area contributed by atoms with E-state index in [2.05, 4.69) is 13.8 Å². The summed E-state index contributed by atoms with van der Waals surface area (Å²) in [5, 5.41) is 0. The number of rotatable bonds is 7. The first-order valence-corrected chi connectivity index (χ1v) is 12.5. The second kappa shape index (κ2) is 9.87. The van der Waals surface area contributed by atoms with Crippen molar-refractivity contribution in [3.05, 3.63) is 22.8 Å². The highest BCUT2D eigenvalue weighted by molar-refractivity contribution is 5.52. The fraction of sp³-hybridized carbons (Fsp3) is 0.769. The number of ether oxygens (including phenoxy) is 2. The second-order valence-corrected chi connectivity index (χ2v) is 9.78. The molecule has 0 radical (unpaired) electrons. The minimum absolute atomic E-state index is 0.00608. The van der Waals surface area contributed by atoms with Crippen molar-refractivity contribution < 1.29 is 18.3 Å². The van der Waals surface area contributed by atoms with E-state index in [4.69, 9.17) is 9.47 Å². The molecule has 4 heteroatoms. The van der Waals surface area contributed by atoms with Gasteiger partial charge in [0, 0.05) is 11.1 Å². The monoisotopic (exact) mass is 420 g/mol. The molecule has 0 spiro atoms. The van der Waals surface area contributed by atoms with Crippen LogP contribution in [-0.4, -0.2) is 12.2 Å². The molecule has 2 heterocycles. The Morgan fingerprint density at radius 2 is 1.40 bits per heavy atom. The maximum absolute atomic E-state index is 15.0. The lowest BCUT2D eigenvalue weighted by Crippen LogP contribution is -2.35. The van der Waals surface area contributed by atoms with E-state index >= 15 is 4.39 Å². The molecule has 3 aliphatic rings. The third-order valence-electron chi connectivity index (χ3n) is 7.70. The molecule has 0 bridgehead atoms. The fourth-order valence-electron chi connectivity index (χ4n) is 5.95. The molecule has 0 aromatic heterocycles. The Hall–Kier alpha value is -1.32. The molecule has 2 unspecified atom stereocenters. The van der Waals surface area contributed by atoms with Crippen LogP contribution in [0.25, 0.3) is 0 Å². The average molecular weight is 421 g/mol. The molecule has 1 aliphatic carbocycles. The first-order valence-electron chi connectivity index (χ1n) is 12.5. The standard InChI is InChI=1S/C26H38F2O2/c1-3-5-6-8-19-13-14-20-21-15-16-22(18-11-9-17(7-4-2)10-12-18)30-26(21)24(28)23(27)25(20)29-19/h17-19,22H,3-16H2,1-2H3. The number of unbranched alkanes of at least 4 members (excludes halogenated alkanes) is 2. The molecule has 2 atom stereocenters. The first kappa shape index (κ1) is 21.9. The minimum Gasteiger partial charge on any atom is -0.487 e. The largest absolute Gasteiger partial charge is 0.487 e. The highest BCUT2D eigenvalue weighted by Gasteiger charge is 2.37. The third-order valence-corrected chi connectivity index (χ3v) is 7.70. The number of benzene rings is 1. The van der Waals surface area contributed by atoms with Crippen LogP contribution < -0.4 is 9.47 Å². The molecular formula is C26H38F2O2. The molecule has 0 saturated heterocycles. The third kappa shape index (κ3) is 4.48. The Bertz CT molecular complexity index is 724. The van der Waals surface area contributed by atoms with Crippen LogP contribution in [0.2, 0.25) is 0 Å². The Labute approximate surface area is 180 Å². The lowest BCUT2D eigenvalue weighted by Gasteiger charge is -2.38. The van der Waals surface area contributed by atoms with Crippen molar-refractivity contribution in [2.75, 3.05) is 0 Å². The van der Waals surface area contributed by atoms with Gasteiger partial charge in [-0.1, -0.05) is 52.4 Å². The van der Waals surface area contributed by atoms with Crippen molar-refractivity contribution in [2.24, 2.45) is 11.8 Å². The predicted octanol–water partition coefficient (Wildman–Crippen LogP) is 7.54. The van der Waals surface area contributed by atoms with Gasteiger partial charge >= 0.3 is 0 Å². The van der Waals surface area contributed by atoms with E-state index in [1.165, 1.54) is 25.7 Å². The molecular weight excluding hydrogens is 382 g/mol. The number of halogens is 2. The maximum atomic E-state index is 15.0. The molecule has 2 aliphatic heterocycles. The van der Waals surface area contributed by atoms with Crippen molar-refractivity contribution in [2.45, 2.75) is 116 Å². The highest BCUT2D eigenvalue weighted by Crippen LogP contribution is 2.46. The van der Waals surface area contributed by atoms with Gasteiger partial charge in [0.15, 0.2) is 11.5 Å². The molecule has 0 amide bonds. The van der Waals surface area contributed by atoms with Crippen LogP contribution in [0, 0.1) is 23.5 Å². The molecule has 1 saturated carbocycles. The van der Waals surface area contributed by atoms with Gasteiger partial charge in [-0.3, -0.25) is 0 Å². The van der Waals surface area contributed by atoms with Crippen molar-refractivity contribution in [1.82, 2.24) is 0 Å². The van der Waals surface area contributed by atoms with Gasteiger partial charge in [0.05, 0.1) is 6.10 Å². The summed E-state index contributed by atoms with van der Waals surface area (Å²) in [6, 6.07) is 0. The van der Waals surface area contributed by atoms with E-state index in [1.807, 2.05) is 0 Å². The van der Waals surface area contributed by atoms with Crippen LogP contribution >= 0.6 is 0 Å². The SMILES string of the molecule is CCCCCC1CCc2c3c(c(F)c(F)c2O1)OC(C1CCC(CCC)CC1)CC3. The Morgan fingerprint density at radius 3 is 2.07 bits per heavy atom. The summed E-state index contributed by atoms with van der Waals surface area (Å²) in [5.74, 6) is 0.000558. The molecule has 0 N–H and O–H groups in total. The fourth-order valence-corrected chi connectivity index (χ4v) is 5.95.